The molecule has 3 unspecified atom stereocenters. The highest BCUT2D eigenvalue weighted by atomic mass is 16.3. The highest BCUT2D eigenvalue weighted by Crippen LogP contribution is 2.36. The van der Waals surface area contributed by atoms with Gasteiger partial charge in [0.15, 0.2) is 0 Å². The molecule has 1 saturated heterocycles. The molecular weight excluding hydrogens is 272 g/mol. The Hall–Kier alpha value is -0.120. The molecule has 3 rings (SSSR count). The Bertz CT molecular complexity index is 334. The molecule has 3 heteroatoms. The maximum absolute atomic E-state index is 10.3. The molecule has 3 atom stereocenters. The van der Waals surface area contributed by atoms with Gasteiger partial charge in [0, 0.05) is 31.2 Å². The van der Waals surface area contributed by atoms with Gasteiger partial charge in [0.25, 0.3) is 0 Å². The van der Waals surface area contributed by atoms with E-state index in [1.807, 2.05) is 0 Å². The van der Waals surface area contributed by atoms with Crippen LogP contribution in [0.4, 0.5) is 0 Å². The second-order valence-corrected chi connectivity index (χ2v) is 8.49. The van der Waals surface area contributed by atoms with Gasteiger partial charge in [0.1, 0.15) is 0 Å². The zero-order valence-electron chi connectivity index (χ0n) is 14.6. The summed E-state index contributed by atoms with van der Waals surface area (Å²) in [5, 5.41) is 14.3. The van der Waals surface area contributed by atoms with Crippen molar-refractivity contribution in [1.82, 2.24) is 10.2 Å². The van der Waals surface area contributed by atoms with Gasteiger partial charge >= 0.3 is 0 Å². The number of aliphatic hydroxyl groups excluding tert-OH is 1. The van der Waals surface area contributed by atoms with Gasteiger partial charge in [-0.15, -0.1) is 0 Å². The third-order valence-corrected chi connectivity index (χ3v) is 6.11. The van der Waals surface area contributed by atoms with Crippen LogP contribution < -0.4 is 5.32 Å². The molecule has 2 N–H and O–H groups in total. The molecule has 1 aliphatic heterocycles. The molecule has 0 aromatic carbocycles. The molecule has 1 heterocycles. The molecule has 0 aromatic heterocycles. The van der Waals surface area contributed by atoms with Crippen LogP contribution in [-0.2, 0) is 0 Å². The molecule has 3 nitrogen and oxygen atoms in total. The Kier molecular flexibility index (Phi) is 5.80. The molecule has 0 bridgehead atoms. The van der Waals surface area contributed by atoms with Crippen molar-refractivity contribution in [1.29, 1.82) is 0 Å². The van der Waals surface area contributed by atoms with Gasteiger partial charge < -0.3 is 10.4 Å². The predicted octanol–water partition coefficient (Wildman–Crippen LogP) is 3.17. The maximum atomic E-state index is 10.3. The lowest BCUT2D eigenvalue weighted by molar-refractivity contribution is 0.0589. The van der Waals surface area contributed by atoms with Crippen LogP contribution in [0.3, 0.4) is 0 Å². The van der Waals surface area contributed by atoms with E-state index in [2.05, 4.69) is 24.1 Å². The molecule has 22 heavy (non-hydrogen) atoms. The Morgan fingerprint density at radius 2 is 1.73 bits per heavy atom. The normalized spacial score (nSPS) is 33.3. The first-order valence-corrected chi connectivity index (χ1v) is 9.80. The second-order valence-electron chi connectivity index (χ2n) is 8.49. The average molecular weight is 309 g/mol. The van der Waals surface area contributed by atoms with Crippen molar-refractivity contribution in [3.63, 3.8) is 0 Å². The second kappa shape index (κ2) is 7.63. The standard InChI is InChI=1S/C19H36N2O/c1-14(2)21-12-15(11-19(22)16-8-9-16)10-18(13-21)20-17-6-4-3-5-7-17/h14-20,22H,3-13H2,1-2H3. The van der Waals surface area contributed by atoms with E-state index < -0.39 is 0 Å². The molecular formula is C19H36N2O. The largest absolute Gasteiger partial charge is 0.393 e. The minimum absolute atomic E-state index is 0.0348. The summed E-state index contributed by atoms with van der Waals surface area (Å²) in [6, 6.07) is 2.01. The van der Waals surface area contributed by atoms with E-state index in [0.29, 0.717) is 23.9 Å². The number of likely N-dealkylation sites (tertiary alicyclic amines) is 1. The fourth-order valence-electron chi connectivity index (χ4n) is 4.57. The van der Waals surface area contributed by atoms with Crippen molar-refractivity contribution in [3.05, 3.63) is 0 Å². The first-order valence-electron chi connectivity index (χ1n) is 9.80. The van der Waals surface area contributed by atoms with Crippen LogP contribution in [0.5, 0.6) is 0 Å². The summed E-state index contributed by atoms with van der Waals surface area (Å²) in [6.45, 7) is 7.02. The van der Waals surface area contributed by atoms with Gasteiger partial charge in [-0.25, -0.2) is 0 Å². The smallest absolute Gasteiger partial charge is 0.0571 e. The summed E-state index contributed by atoms with van der Waals surface area (Å²) < 4.78 is 0. The summed E-state index contributed by atoms with van der Waals surface area (Å²) in [5.74, 6) is 1.30. The molecule has 3 fully saturated rings. The minimum atomic E-state index is -0.0348. The fourth-order valence-corrected chi connectivity index (χ4v) is 4.57. The zero-order valence-corrected chi connectivity index (χ0v) is 14.6. The lowest BCUT2D eigenvalue weighted by Gasteiger charge is -2.42. The molecule has 2 saturated carbocycles. The summed E-state index contributed by atoms with van der Waals surface area (Å²) in [5.41, 5.74) is 0. The van der Waals surface area contributed by atoms with E-state index in [9.17, 15) is 5.11 Å². The molecule has 3 aliphatic rings. The van der Waals surface area contributed by atoms with E-state index in [1.54, 1.807) is 0 Å². The van der Waals surface area contributed by atoms with Crippen LogP contribution in [0.15, 0.2) is 0 Å². The molecule has 2 aliphatic carbocycles. The van der Waals surface area contributed by atoms with Gasteiger partial charge in [-0.1, -0.05) is 19.3 Å². The lowest BCUT2D eigenvalue weighted by atomic mass is 9.86. The first kappa shape index (κ1) is 16.7. The van der Waals surface area contributed by atoms with Crippen LogP contribution in [0.1, 0.15) is 71.6 Å². The highest BCUT2D eigenvalue weighted by molar-refractivity contribution is 4.90. The lowest BCUT2D eigenvalue weighted by Crippen LogP contribution is -2.54. The number of nitrogens with zero attached hydrogens (tertiary/aromatic N) is 1. The van der Waals surface area contributed by atoms with Crippen LogP contribution >= 0.6 is 0 Å². The first-order chi connectivity index (χ1) is 10.6. The summed E-state index contributed by atoms with van der Waals surface area (Å²) >= 11 is 0. The van der Waals surface area contributed by atoms with Gasteiger partial charge in [-0.2, -0.15) is 0 Å². The number of rotatable bonds is 6. The Balaban J connectivity index is 1.53. The van der Waals surface area contributed by atoms with Crippen molar-refractivity contribution >= 4 is 0 Å². The molecule has 0 amide bonds. The quantitative estimate of drug-likeness (QED) is 0.791. The molecule has 0 radical (unpaired) electrons. The van der Waals surface area contributed by atoms with Crippen LogP contribution in [0.25, 0.3) is 0 Å². The third kappa shape index (κ3) is 4.69. The Morgan fingerprint density at radius 3 is 2.36 bits per heavy atom. The minimum Gasteiger partial charge on any atom is -0.393 e. The summed E-state index contributed by atoms with van der Waals surface area (Å²) in [6.07, 6.45) is 11.7. The van der Waals surface area contributed by atoms with E-state index >= 15 is 0 Å². The van der Waals surface area contributed by atoms with Gasteiger partial charge in [0.05, 0.1) is 6.10 Å². The highest BCUT2D eigenvalue weighted by Gasteiger charge is 2.35. The van der Waals surface area contributed by atoms with Crippen molar-refractivity contribution in [2.75, 3.05) is 13.1 Å². The molecule has 0 spiro atoms. The van der Waals surface area contributed by atoms with E-state index in [4.69, 9.17) is 0 Å². The van der Waals surface area contributed by atoms with Crippen LogP contribution in [0, 0.1) is 11.8 Å². The average Bonchev–Trinajstić information content (AvgIpc) is 3.32. The monoisotopic (exact) mass is 308 g/mol. The SMILES string of the molecule is CC(C)N1CC(CC(O)C2CC2)CC(NC2CCCCC2)C1. The van der Waals surface area contributed by atoms with Gasteiger partial charge in [-0.05, 0) is 64.2 Å². The van der Waals surface area contributed by atoms with E-state index in [-0.39, 0.29) is 6.10 Å². The number of piperidine rings is 1. The van der Waals surface area contributed by atoms with Gasteiger partial charge in [-0.3, -0.25) is 4.90 Å². The predicted molar refractivity (Wildman–Crippen MR) is 92.0 cm³/mol. The number of aliphatic hydroxyl groups is 1. The molecule has 0 aromatic rings. The number of hydrogen-bond acceptors (Lipinski definition) is 3. The van der Waals surface area contributed by atoms with E-state index in [1.165, 1.54) is 64.5 Å². The summed E-state index contributed by atoms with van der Waals surface area (Å²) in [4.78, 5) is 2.63. The van der Waals surface area contributed by atoms with E-state index in [0.717, 1.165) is 12.5 Å². The van der Waals surface area contributed by atoms with Crippen molar-refractivity contribution in [3.8, 4) is 0 Å². The zero-order chi connectivity index (χ0) is 15.5. The van der Waals surface area contributed by atoms with Crippen LogP contribution in [-0.4, -0.2) is 47.3 Å². The Morgan fingerprint density at radius 1 is 1.00 bits per heavy atom. The maximum Gasteiger partial charge on any atom is 0.0571 e. The fraction of sp³-hybridized carbons (Fsp3) is 1.00. The Labute approximate surface area is 136 Å². The number of hydrogen-bond donors (Lipinski definition) is 2. The third-order valence-electron chi connectivity index (χ3n) is 6.11. The number of nitrogens with one attached hydrogen (secondary N) is 1. The van der Waals surface area contributed by atoms with Crippen molar-refractivity contribution < 1.29 is 5.11 Å². The van der Waals surface area contributed by atoms with Gasteiger partial charge in [0.2, 0.25) is 0 Å². The van der Waals surface area contributed by atoms with Crippen molar-refractivity contribution in [2.45, 2.75) is 95.9 Å². The summed E-state index contributed by atoms with van der Waals surface area (Å²) in [7, 11) is 0. The van der Waals surface area contributed by atoms with Crippen molar-refractivity contribution in [2.24, 2.45) is 11.8 Å². The topological polar surface area (TPSA) is 35.5 Å². The van der Waals surface area contributed by atoms with Crippen LogP contribution in [0.2, 0.25) is 0 Å². The molecule has 128 valence electrons.